The number of carbonyl (C=O) groups is 1. The smallest absolute Gasteiger partial charge is 0.254 e. The lowest BCUT2D eigenvalue weighted by Gasteiger charge is -2.27. The number of nitrogens with zero attached hydrogens (tertiary/aromatic N) is 2. The molecule has 0 radical (unpaired) electrons. The summed E-state index contributed by atoms with van der Waals surface area (Å²) < 4.78 is 2.01. The topological polar surface area (TPSA) is 25.2 Å². The van der Waals surface area contributed by atoms with Gasteiger partial charge in [-0.1, -0.05) is 36.4 Å². The second-order valence-electron chi connectivity index (χ2n) is 6.15. The van der Waals surface area contributed by atoms with Gasteiger partial charge in [-0.3, -0.25) is 4.79 Å². The van der Waals surface area contributed by atoms with Crippen molar-refractivity contribution in [2.45, 2.75) is 26.4 Å². The zero-order chi connectivity index (χ0) is 16.9. The van der Waals surface area contributed by atoms with E-state index in [1.165, 1.54) is 0 Å². The van der Waals surface area contributed by atoms with Crippen LogP contribution in [0.4, 0.5) is 0 Å². The molecule has 0 aliphatic rings. The Kier molecular flexibility index (Phi) is 4.80. The first-order valence-corrected chi connectivity index (χ1v) is 8.23. The van der Waals surface area contributed by atoms with Crippen LogP contribution in [0.2, 0.25) is 0 Å². The molecule has 0 aliphatic heterocycles. The van der Waals surface area contributed by atoms with Crippen molar-refractivity contribution in [1.82, 2.24) is 9.47 Å². The van der Waals surface area contributed by atoms with Gasteiger partial charge in [0, 0.05) is 36.2 Å². The Balaban J connectivity index is 1.86. The fraction of sp³-hybridized carbons (Fsp3) is 0.190. The number of amides is 1. The van der Waals surface area contributed by atoms with Crippen LogP contribution in [-0.2, 0) is 6.54 Å². The summed E-state index contributed by atoms with van der Waals surface area (Å²) >= 11 is 0. The van der Waals surface area contributed by atoms with Crippen LogP contribution in [0.25, 0.3) is 5.69 Å². The Labute approximate surface area is 143 Å². The standard InChI is InChI=1S/C21H22N2O/c1-17(2)23(16-18-9-4-3-5-10-18)21(24)19-11-8-12-20(15-19)22-13-6-7-14-22/h3-15,17H,16H2,1-2H3. The average molecular weight is 318 g/mol. The molecular weight excluding hydrogens is 296 g/mol. The maximum absolute atomic E-state index is 13.0. The van der Waals surface area contributed by atoms with E-state index in [0.29, 0.717) is 12.1 Å². The second kappa shape index (κ2) is 7.18. The minimum atomic E-state index is 0.0582. The molecular formula is C21H22N2O. The molecule has 122 valence electrons. The van der Waals surface area contributed by atoms with Crippen molar-refractivity contribution >= 4 is 5.91 Å². The molecule has 0 N–H and O–H groups in total. The van der Waals surface area contributed by atoms with Gasteiger partial charge in [-0.15, -0.1) is 0 Å². The molecule has 0 bridgehead atoms. The number of carbonyl (C=O) groups excluding carboxylic acids is 1. The van der Waals surface area contributed by atoms with Gasteiger partial charge >= 0.3 is 0 Å². The lowest BCUT2D eigenvalue weighted by Crippen LogP contribution is -2.36. The van der Waals surface area contributed by atoms with E-state index in [4.69, 9.17) is 0 Å². The lowest BCUT2D eigenvalue weighted by atomic mass is 10.1. The van der Waals surface area contributed by atoms with Crippen LogP contribution in [0, 0.1) is 0 Å². The van der Waals surface area contributed by atoms with E-state index in [2.05, 4.69) is 26.0 Å². The van der Waals surface area contributed by atoms with E-state index in [0.717, 1.165) is 11.3 Å². The van der Waals surface area contributed by atoms with Gasteiger partial charge < -0.3 is 9.47 Å². The number of aromatic nitrogens is 1. The van der Waals surface area contributed by atoms with E-state index in [1.54, 1.807) is 0 Å². The summed E-state index contributed by atoms with van der Waals surface area (Å²) in [6.07, 6.45) is 3.96. The highest BCUT2D eigenvalue weighted by molar-refractivity contribution is 5.95. The van der Waals surface area contributed by atoms with Gasteiger partial charge in [0.05, 0.1) is 0 Å². The summed E-state index contributed by atoms with van der Waals surface area (Å²) in [4.78, 5) is 14.9. The minimum Gasteiger partial charge on any atom is -0.332 e. The zero-order valence-electron chi connectivity index (χ0n) is 14.1. The van der Waals surface area contributed by atoms with Gasteiger partial charge in [0.2, 0.25) is 0 Å². The van der Waals surface area contributed by atoms with Gasteiger partial charge in [0.25, 0.3) is 5.91 Å². The molecule has 3 aromatic rings. The Bertz CT molecular complexity index is 792. The fourth-order valence-corrected chi connectivity index (χ4v) is 2.74. The summed E-state index contributed by atoms with van der Waals surface area (Å²) in [6, 6.07) is 22.0. The average Bonchev–Trinajstić information content (AvgIpc) is 3.14. The summed E-state index contributed by atoms with van der Waals surface area (Å²) in [5, 5.41) is 0. The third kappa shape index (κ3) is 3.57. The summed E-state index contributed by atoms with van der Waals surface area (Å²) in [6.45, 7) is 4.72. The van der Waals surface area contributed by atoms with E-state index < -0.39 is 0 Å². The first-order valence-electron chi connectivity index (χ1n) is 8.23. The summed E-state index contributed by atoms with van der Waals surface area (Å²) in [7, 11) is 0. The maximum atomic E-state index is 13.0. The Morgan fingerprint density at radius 3 is 2.33 bits per heavy atom. The SMILES string of the molecule is CC(C)N(Cc1ccccc1)C(=O)c1cccc(-n2cccc2)c1. The van der Waals surface area contributed by atoms with E-state index in [9.17, 15) is 4.79 Å². The number of benzene rings is 2. The Morgan fingerprint density at radius 1 is 0.958 bits per heavy atom. The van der Waals surface area contributed by atoms with Crippen molar-refractivity contribution in [3.05, 3.63) is 90.3 Å². The lowest BCUT2D eigenvalue weighted by molar-refractivity contribution is 0.0690. The van der Waals surface area contributed by atoms with E-state index >= 15 is 0 Å². The van der Waals surface area contributed by atoms with Crippen LogP contribution in [0.3, 0.4) is 0 Å². The summed E-state index contributed by atoms with van der Waals surface area (Å²) in [5.41, 5.74) is 2.85. The third-order valence-electron chi connectivity index (χ3n) is 4.08. The molecule has 1 heterocycles. The molecule has 0 saturated carbocycles. The first kappa shape index (κ1) is 16.1. The molecule has 3 heteroatoms. The minimum absolute atomic E-state index is 0.0582. The van der Waals surface area contributed by atoms with E-state index in [1.807, 2.05) is 76.5 Å². The van der Waals surface area contributed by atoms with Crippen molar-refractivity contribution < 1.29 is 4.79 Å². The summed E-state index contributed by atoms with van der Waals surface area (Å²) in [5.74, 6) is 0.0582. The van der Waals surface area contributed by atoms with Gasteiger partial charge in [0.1, 0.15) is 0 Å². The molecule has 3 rings (SSSR count). The zero-order valence-corrected chi connectivity index (χ0v) is 14.1. The highest BCUT2D eigenvalue weighted by Gasteiger charge is 2.19. The van der Waals surface area contributed by atoms with Crippen molar-refractivity contribution in [2.24, 2.45) is 0 Å². The number of hydrogen-bond donors (Lipinski definition) is 0. The molecule has 3 nitrogen and oxygen atoms in total. The third-order valence-corrected chi connectivity index (χ3v) is 4.08. The predicted molar refractivity (Wildman–Crippen MR) is 97.2 cm³/mol. The number of hydrogen-bond acceptors (Lipinski definition) is 1. The van der Waals surface area contributed by atoms with Crippen LogP contribution in [-0.4, -0.2) is 21.4 Å². The maximum Gasteiger partial charge on any atom is 0.254 e. The normalized spacial score (nSPS) is 10.8. The molecule has 0 spiro atoms. The van der Waals surface area contributed by atoms with Crippen LogP contribution in [0.1, 0.15) is 29.8 Å². The van der Waals surface area contributed by atoms with Crippen LogP contribution in [0.15, 0.2) is 79.1 Å². The molecule has 24 heavy (non-hydrogen) atoms. The van der Waals surface area contributed by atoms with Crippen LogP contribution < -0.4 is 0 Å². The molecule has 0 unspecified atom stereocenters. The van der Waals surface area contributed by atoms with Crippen LogP contribution >= 0.6 is 0 Å². The van der Waals surface area contributed by atoms with Crippen LogP contribution in [0.5, 0.6) is 0 Å². The Hall–Kier alpha value is -2.81. The molecule has 0 fully saturated rings. The predicted octanol–water partition coefficient (Wildman–Crippen LogP) is 4.53. The van der Waals surface area contributed by atoms with Crippen molar-refractivity contribution in [2.75, 3.05) is 0 Å². The molecule has 0 atom stereocenters. The van der Waals surface area contributed by atoms with Crippen molar-refractivity contribution in [3.63, 3.8) is 0 Å². The molecule has 2 aromatic carbocycles. The molecule has 1 aromatic heterocycles. The van der Waals surface area contributed by atoms with Crippen molar-refractivity contribution in [3.8, 4) is 5.69 Å². The Morgan fingerprint density at radius 2 is 1.67 bits per heavy atom. The molecule has 1 amide bonds. The largest absolute Gasteiger partial charge is 0.332 e. The highest BCUT2D eigenvalue weighted by atomic mass is 16.2. The quantitative estimate of drug-likeness (QED) is 0.678. The number of rotatable bonds is 5. The van der Waals surface area contributed by atoms with Gasteiger partial charge in [-0.25, -0.2) is 0 Å². The van der Waals surface area contributed by atoms with Gasteiger partial charge in [-0.05, 0) is 49.7 Å². The first-order chi connectivity index (χ1) is 11.6. The highest BCUT2D eigenvalue weighted by Crippen LogP contribution is 2.16. The van der Waals surface area contributed by atoms with Gasteiger partial charge in [0.15, 0.2) is 0 Å². The van der Waals surface area contributed by atoms with Crippen molar-refractivity contribution in [1.29, 1.82) is 0 Å². The van der Waals surface area contributed by atoms with E-state index in [-0.39, 0.29) is 11.9 Å². The molecule has 0 saturated heterocycles. The second-order valence-corrected chi connectivity index (χ2v) is 6.15. The molecule has 0 aliphatic carbocycles. The fourth-order valence-electron chi connectivity index (χ4n) is 2.74. The monoisotopic (exact) mass is 318 g/mol. The van der Waals surface area contributed by atoms with Gasteiger partial charge in [-0.2, -0.15) is 0 Å².